The number of Topliss-reactive ketones (excluding diaryl/α,β-unsaturated/α-hetero) is 1. The molecule has 2 nitrogen and oxygen atoms in total. The van der Waals surface area contributed by atoms with Crippen LogP contribution < -0.4 is 0 Å². The van der Waals surface area contributed by atoms with Crippen LogP contribution in [0.3, 0.4) is 0 Å². The first-order chi connectivity index (χ1) is 9.91. The monoisotopic (exact) mass is 298 g/mol. The van der Waals surface area contributed by atoms with E-state index < -0.39 is 11.7 Å². The summed E-state index contributed by atoms with van der Waals surface area (Å²) in [5.41, 5.74) is -0.0327. The van der Waals surface area contributed by atoms with Gasteiger partial charge in [-0.15, -0.1) is 0 Å². The SMILES string of the molecule is O=C(Cc1ccc(C(F)(F)F)cc1)C1CC2CCC(C1)O2. The Morgan fingerprint density at radius 1 is 1.10 bits per heavy atom. The van der Waals surface area contributed by atoms with E-state index in [-0.39, 0.29) is 30.3 Å². The Morgan fingerprint density at radius 3 is 2.19 bits per heavy atom. The van der Waals surface area contributed by atoms with Gasteiger partial charge in [0.05, 0.1) is 17.8 Å². The molecule has 5 heteroatoms. The number of fused-ring (bicyclic) bond motifs is 2. The van der Waals surface area contributed by atoms with Crippen molar-refractivity contribution < 1.29 is 22.7 Å². The summed E-state index contributed by atoms with van der Waals surface area (Å²) in [5, 5.41) is 0. The zero-order chi connectivity index (χ0) is 15.0. The highest BCUT2D eigenvalue weighted by Gasteiger charge is 2.37. The first kappa shape index (κ1) is 14.6. The normalized spacial score (nSPS) is 28.6. The van der Waals surface area contributed by atoms with Crippen molar-refractivity contribution in [2.75, 3.05) is 0 Å². The molecule has 2 atom stereocenters. The number of hydrogen-bond donors (Lipinski definition) is 0. The van der Waals surface area contributed by atoms with Crippen molar-refractivity contribution in [3.8, 4) is 0 Å². The topological polar surface area (TPSA) is 26.3 Å². The Kier molecular flexibility index (Phi) is 3.78. The third-order valence-corrected chi connectivity index (χ3v) is 4.41. The van der Waals surface area contributed by atoms with E-state index in [1.54, 1.807) is 0 Å². The van der Waals surface area contributed by atoms with E-state index >= 15 is 0 Å². The maximum atomic E-state index is 12.5. The van der Waals surface area contributed by atoms with Crippen molar-refractivity contribution in [1.29, 1.82) is 0 Å². The van der Waals surface area contributed by atoms with E-state index in [2.05, 4.69) is 0 Å². The predicted molar refractivity (Wildman–Crippen MR) is 70.8 cm³/mol. The summed E-state index contributed by atoms with van der Waals surface area (Å²) in [6, 6.07) is 4.87. The minimum absolute atomic E-state index is 0.00135. The molecule has 1 aromatic rings. The zero-order valence-electron chi connectivity index (χ0n) is 11.5. The summed E-state index contributed by atoms with van der Waals surface area (Å²) in [7, 11) is 0. The number of carbonyl (C=O) groups excluding carboxylic acids is 1. The molecule has 2 heterocycles. The molecule has 1 aromatic carbocycles. The molecule has 0 aromatic heterocycles. The fraction of sp³-hybridized carbons (Fsp3) is 0.562. The average Bonchev–Trinajstić information content (AvgIpc) is 2.77. The van der Waals surface area contributed by atoms with Crippen molar-refractivity contribution in [3.05, 3.63) is 35.4 Å². The van der Waals surface area contributed by atoms with Crippen molar-refractivity contribution in [2.45, 2.75) is 50.5 Å². The second kappa shape index (κ2) is 5.44. The molecule has 0 aliphatic carbocycles. The summed E-state index contributed by atoms with van der Waals surface area (Å²) in [5.74, 6) is 0.119. The van der Waals surface area contributed by atoms with Gasteiger partial charge in [-0.25, -0.2) is 0 Å². The van der Waals surface area contributed by atoms with Crippen LogP contribution >= 0.6 is 0 Å². The Hall–Kier alpha value is -1.36. The van der Waals surface area contributed by atoms with Crippen molar-refractivity contribution in [2.24, 2.45) is 5.92 Å². The van der Waals surface area contributed by atoms with Gasteiger partial charge in [0, 0.05) is 12.3 Å². The van der Waals surface area contributed by atoms with Crippen molar-refractivity contribution >= 4 is 5.78 Å². The van der Waals surface area contributed by atoms with Gasteiger partial charge in [0.25, 0.3) is 0 Å². The lowest BCUT2D eigenvalue weighted by Gasteiger charge is -2.27. The molecule has 0 spiro atoms. The Labute approximate surface area is 121 Å². The van der Waals surface area contributed by atoms with Crippen LogP contribution in [-0.4, -0.2) is 18.0 Å². The number of carbonyl (C=O) groups is 1. The molecule has 2 fully saturated rings. The van der Waals surface area contributed by atoms with Crippen LogP contribution in [0.1, 0.15) is 36.8 Å². The fourth-order valence-electron chi connectivity index (χ4n) is 3.28. The standard InChI is InChI=1S/C16H17F3O2/c17-16(18,19)12-3-1-10(2-4-12)7-15(20)11-8-13-5-6-14(9-11)21-13/h1-4,11,13-14H,5-9H2. The summed E-state index contributed by atoms with van der Waals surface area (Å²) in [6.45, 7) is 0. The largest absolute Gasteiger partial charge is 0.416 e. The lowest BCUT2D eigenvalue weighted by molar-refractivity contribution is -0.137. The van der Waals surface area contributed by atoms with Crippen LogP contribution in [0.15, 0.2) is 24.3 Å². The van der Waals surface area contributed by atoms with E-state index in [4.69, 9.17) is 4.74 Å². The van der Waals surface area contributed by atoms with Gasteiger partial charge in [0.1, 0.15) is 5.78 Å². The van der Waals surface area contributed by atoms with E-state index in [1.807, 2.05) is 0 Å². The first-order valence-electron chi connectivity index (χ1n) is 7.26. The summed E-state index contributed by atoms with van der Waals surface area (Å²) in [6.07, 6.45) is -0.157. The smallest absolute Gasteiger partial charge is 0.375 e. The predicted octanol–water partition coefficient (Wildman–Crippen LogP) is 3.77. The first-order valence-corrected chi connectivity index (χ1v) is 7.26. The fourth-order valence-corrected chi connectivity index (χ4v) is 3.28. The molecule has 2 saturated heterocycles. The van der Waals surface area contributed by atoms with Gasteiger partial charge in [0.2, 0.25) is 0 Å². The number of ether oxygens (including phenoxy) is 1. The van der Waals surface area contributed by atoms with Gasteiger partial charge < -0.3 is 4.74 Å². The molecule has 2 aliphatic rings. The minimum atomic E-state index is -4.33. The Morgan fingerprint density at radius 2 is 1.67 bits per heavy atom. The van der Waals surface area contributed by atoms with Crippen LogP contribution in [0.2, 0.25) is 0 Å². The van der Waals surface area contributed by atoms with E-state index in [9.17, 15) is 18.0 Å². The minimum Gasteiger partial charge on any atom is -0.375 e. The van der Waals surface area contributed by atoms with Crippen molar-refractivity contribution in [1.82, 2.24) is 0 Å². The number of ketones is 1. The maximum absolute atomic E-state index is 12.5. The zero-order valence-corrected chi connectivity index (χ0v) is 11.5. The average molecular weight is 298 g/mol. The van der Waals surface area contributed by atoms with E-state index in [1.165, 1.54) is 12.1 Å². The number of benzene rings is 1. The highest BCUT2D eigenvalue weighted by Crippen LogP contribution is 2.36. The molecule has 114 valence electrons. The van der Waals surface area contributed by atoms with Gasteiger partial charge in [-0.2, -0.15) is 13.2 Å². The number of hydrogen-bond acceptors (Lipinski definition) is 2. The summed E-state index contributed by atoms with van der Waals surface area (Å²) < 4.78 is 43.2. The molecule has 0 saturated carbocycles. The third kappa shape index (κ3) is 3.28. The summed E-state index contributed by atoms with van der Waals surface area (Å²) in [4.78, 5) is 12.3. The Balaban J connectivity index is 1.62. The second-order valence-corrected chi connectivity index (χ2v) is 5.96. The number of halogens is 3. The molecule has 0 amide bonds. The molecule has 0 radical (unpaired) electrons. The second-order valence-electron chi connectivity index (χ2n) is 5.96. The van der Waals surface area contributed by atoms with Gasteiger partial charge in [-0.05, 0) is 43.4 Å². The van der Waals surface area contributed by atoms with Gasteiger partial charge in [-0.3, -0.25) is 4.79 Å². The highest BCUT2D eigenvalue weighted by molar-refractivity contribution is 5.83. The number of alkyl halides is 3. The van der Waals surface area contributed by atoms with Crippen LogP contribution in [0, 0.1) is 5.92 Å². The van der Waals surface area contributed by atoms with Crippen LogP contribution in [0.25, 0.3) is 0 Å². The Bertz CT molecular complexity index is 509. The van der Waals surface area contributed by atoms with Gasteiger partial charge in [-0.1, -0.05) is 12.1 Å². The quantitative estimate of drug-likeness (QED) is 0.849. The van der Waals surface area contributed by atoms with E-state index in [0.717, 1.165) is 37.8 Å². The third-order valence-electron chi connectivity index (χ3n) is 4.41. The molecule has 3 rings (SSSR count). The molecular weight excluding hydrogens is 281 g/mol. The lowest BCUT2D eigenvalue weighted by Crippen LogP contribution is -2.30. The van der Waals surface area contributed by atoms with Gasteiger partial charge in [0.15, 0.2) is 0 Å². The molecule has 2 aliphatic heterocycles. The highest BCUT2D eigenvalue weighted by atomic mass is 19.4. The van der Waals surface area contributed by atoms with Crippen LogP contribution in [0.5, 0.6) is 0 Å². The van der Waals surface area contributed by atoms with Gasteiger partial charge >= 0.3 is 6.18 Å². The van der Waals surface area contributed by atoms with Crippen LogP contribution in [-0.2, 0) is 22.1 Å². The molecule has 21 heavy (non-hydrogen) atoms. The van der Waals surface area contributed by atoms with E-state index in [0.29, 0.717) is 5.56 Å². The van der Waals surface area contributed by atoms with Crippen molar-refractivity contribution in [3.63, 3.8) is 0 Å². The maximum Gasteiger partial charge on any atom is 0.416 e. The lowest BCUT2D eigenvalue weighted by atomic mass is 9.88. The molecular formula is C16H17F3O2. The molecule has 0 N–H and O–H groups in total. The molecule has 2 bridgehead atoms. The number of rotatable bonds is 3. The molecule has 2 unspecified atom stereocenters. The van der Waals surface area contributed by atoms with Crippen LogP contribution in [0.4, 0.5) is 13.2 Å². The summed E-state index contributed by atoms with van der Waals surface area (Å²) >= 11 is 0.